The normalized spacial score (nSPS) is 12.8. The second kappa shape index (κ2) is 5.07. The Balaban J connectivity index is 2.75. The third-order valence-corrected chi connectivity index (χ3v) is 2.45. The van der Waals surface area contributed by atoms with Crippen molar-refractivity contribution in [2.45, 2.75) is 39.8 Å². The van der Waals surface area contributed by atoms with Crippen LogP contribution in [0.3, 0.4) is 0 Å². The molecule has 1 unspecified atom stereocenters. The lowest BCUT2D eigenvalue weighted by molar-refractivity contribution is -0.127. The van der Waals surface area contributed by atoms with Gasteiger partial charge in [0.1, 0.15) is 6.10 Å². The van der Waals surface area contributed by atoms with Gasteiger partial charge < -0.3 is 4.74 Å². The highest BCUT2D eigenvalue weighted by Crippen LogP contribution is 2.07. The monoisotopic (exact) mass is 210 g/mol. The zero-order chi connectivity index (χ0) is 11.4. The van der Waals surface area contributed by atoms with Gasteiger partial charge in [-0.2, -0.15) is 5.10 Å². The third-order valence-electron chi connectivity index (χ3n) is 2.45. The number of ether oxygens (including phenoxy) is 1. The van der Waals surface area contributed by atoms with Gasteiger partial charge in [0.15, 0.2) is 5.78 Å². The zero-order valence-corrected chi connectivity index (χ0v) is 9.78. The average Bonchev–Trinajstić information content (AvgIpc) is 2.57. The average molecular weight is 210 g/mol. The lowest BCUT2D eigenvalue weighted by Crippen LogP contribution is -2.22. The van der Waals surface area contributed by atoms with Gasteiger partial charge in [-0.3, -0.25) is 9.48 Å². The van der Waals surface area contributed by atoms with Crippen LogP contribution in [-0.4, -0.2) is 28.8 Å². The number of hydrogen-bond acceptors (Lipinski definition) is 3. The predicted octanol–water partition coefficient (Wildman–Crippen LogP) is 1.36. The van der Waals surface area contributed by atoms with Crippen LogP contribution in [0.25, 0.3) is 0 Å². The van der Waals surface area contributed by atoms with Crippen LogP contribution in [0.1, 0.15) is 25.2 Å². The number of nitrogens with zero attached hydrogens (tertiary/aromatic N) is 2. The van der Waals surface area contributed by atoms with Gasteiger partial charge in [0.05, 0.1) is 12.1 Å². The molecule has 0 aliphatic heterocycles. The van der Waals surface area contributed by atoms with Gasteiger partial charge in [0.2, 0.25) is 0 Å². The molecule has 0 radical (unpaired) electrons. The van der Waals surface area contributed by atoms with Crippen molar-refractivity contribution in [1.82, 2.24) is 9.78 Å². The second-order valence-electron chi connectivity index (χ2n) is 3.61. The molecule has 0 spiro atoms. The van der Waals surface area contributed by atoms with Crippen LogP contribution in [0.5, 0.6) is 0 Å². The van der Waals surface area contributed by atoms with Crippen molar-refractivity contribution in [2.75, 3.05) is 7.11 Å². The van der Waals surface area contributed by atoms with E-state index >= 15 is 0 Å². The first kappa shape index (κ1) is 11.9. The number of aryl methyl sites for hydroxylation is 2. The Morgan fingerprint density at radius 3 is 2.87 bits per heavy atom. The summed E-state index contributed by atoms with van der Waals surface area (Å²) in [7, 11) is 1.55. The van der Waals surface area contributed by atoms with Crippen molar-refractivity contribution in [2.24, 2.45) is 0 Å². The molecular formula is C11H18N2O2. The SMILES string of the molecule is CCn1nc(C)cc1CC(=O)C(C)OC. The van der Waals surface area contributed by atoms with E-state index in [9.17, 15) is 4.79 Å². The van der Waals surface area contributed by atoms with Crippen molar-refractivity contribution in [3.8, 4) is 0 Å². The number of hydrogen-bond donors (Lipinski definition) is 0. The molecule has 4 nitrogen and oxygen atoms in total. The fourth-order valence-electron chi connectivity index (χ4n) is 1.47. The molecule has 0 saturated heterocycles. The number of carbonyl (C=O) groups excluding carboxylic acids is 1. The van der Waals surface area contributed by atoms with E-state index in [2.05, 4.69) is 5.10 Å². The lowest BCUT2D eigenvalue weighted by Gasteiger charge is -2.08. The maximum atomic E-state index is 11.7. The summed E-state index contributed by atoms with van der Waals surface area (Å²) < 4.78 is 6.84. The summed E-state index contributed by atoms with van der Waals surface area (Å²) in [5.74, 6) is 0.0899. The van der Waals surface area contributed by atoms with Crippen LogP contribution >= 0.6 is 0 Å². The largest absolute Gasteiger partial charge is 0.374 e. The Bertz CT molecular complexity index is 344. The van der Waals surface area contributed by atoms with Gasteiger partial charge in [-0.25, -0.2) is 0 Å². The quantitative estimate of drug-likeness (QED) is 0.737. The Hall–Kier alpha value is -1.16. The molecular weight excluding hydrogens is 192 g/mol. The zero-order valence-electron chi connectivity index (χ0n) is 9.78. The second-order valence-corrected chi connectivity index (χ2v) is 3.61. The minimum absolute atomic E-state index is 0.0899. The Morgan fingerprint density at radius 1 is 1.67 bits per heavy atom. The van der Waals surface area contributed by atoms with Crippen molar-refractivity contribution in [3.63, 3.8) is 0 Å². The van der Waals surface area contributed by atoms with E-state index in [-0.39, 0.29) is 11.9 Å². The number of methoxy groups -OCH3 is 1. The molecule has 15 heavy (non-hydrogen) atoms. The smallest absolute Gasteiger partial charge is 0.167 e. The molecule has 1 rings (SSSR count). The Labute approximate surface area is 90.2 Å². The maximum Gasteiger partial charge on any atom is 0.167 e. The molecule has 1 heterocycles. The topological polar surface area (TPSA) is 44.1 Å². The number of ketones is 1. The molecule has 4 heteroatoms. The molecule has 1 aromatic rings. The summed E-state index contributed by atoms with van der Waals surface area (Å²) in [6.45, 7) is 6.50. The van der Waals surface area contributed by atoms with Gasteiger partial charge in [0, 0.05) is 19.3 Å². The standard InChI is InChI=1S/C11H18N2O2/c1-5-13-10(6-8(2)12-13)7-11(14)9(3)15-4/h6,9H,5,7H2,1-4H3. The predicted molar refractivity (Wildman–Crippen MR) is 57.8 cm³/mol. The molecule has 0 aliphatic rings. The summed E-state index contributed by atoms with van der Waals surface area (Å²) >= 11 is 0. The molecule has 0 saturated carbocycles. The first-order chi connectivity index (χ1) is 7.08. The number of aromatic nitrogens is 2. The van der Waals surface area contributed by atoms with E-state index in [4.69, 9.17) is 4.74 Å². The Kier molecular flexibility index (Phi) is 4.03. The molecule has 0 aromatic carbocycles. The summed E-state index contributed by atoms with van der Waals surface area (Å²) in [5.41, 5.74) is 1.91. The minimum atomic E-state index is -0.342. The summed E-state index contributed by atoms with van der Waals surface area (Å²) in [4.78, 5) is 11.7. The Morgan fingerprint density at radius 2 is 2.33 bits per heavy atom. The van der Waals surface area contributed by atoms with Gasteiger partial charge in [0.25, 0.3) is 0 Å². The van der Waals surface area contributed by atoms with E-state index in [1.807, 2.05) is 24.6 Å². The fraction of sp³-hybridized carbons (Fsp3) is 0.636. The van der Waals surface area contributed by atoms with Gasteiger partial charge in [-0.15, -0.1) is 0 Å². The molecule has 84 valence electrons. The third kappa shape index (κ3) is 2.89. The molecule has 1 aromatic heterocycles. The fourth-order valence-corrected chi connectivity index (χ4v) is 1.47. The van der Waals surface area contributed by atoms with E-state index in [1.165, 1.54) is 0 Å². The van der Waals surface area contributed by atoms with Crippen LogP contribution in [0.15, 0.2) is 6.07 Å². The summed E-state index contributed by atoms with van der Waals surface area (Å²) in [6, 6.07) is 1.95. The van der Waals surface area contributed by atoms with Crippen LogP contribution in [0.2, 0.25) is 0 Å². The molecule has 0 amide bonds. The molecule has 0 aliphatic carbocycles. The van der Waals surface area contributed by atoms with Crippen molar-refractivity contribution >= 4 is 5.78 Å². The van der Waals surface area contributed by atoms with Crippen LogP contribution < -0.4 is 0 Å². The highest BCUT2D eigenvalue weighted by Gasteiger charge is 2.15. The lowest BCUT2D eigenvalue weighted by atomic mass is 10.1. The van der Waals surface area contributed by atoms with Crippen LogP contribution in [0, 0.1) is 6.92 Å². The first-order valence-electron chi connectivity index (χ1n) is 5.17. The highest BCUT2D eigenvalue weighted by atomic mass is 16.5. The van der Waals surface area contributed by atoms with E-state index in [0.29, 0.717) is 6.42 Å². The van der Waals surface area contributed by atoms with Gasteiger partial charge >= 0.3 is 0 Å². The number of Topliss-reactive ketones (excluding diaryl/α,β-unsaturated/α-hetero) is 1. The first-order valence-corrected chi connectivity index (χ1v) is 5.17. The summed E-state index contributed by atoms with van der Waals surface area (Å²) in [5, 5.41) is 4.29. The minimum Gasteiger partial charge on any atom is -0.374 e. The number of rotatable bonds is 5. The maximum absolute atomic E-state index is 11.7. The van der Waals surface area contributed by atoms with E-state index < -0.39 is 0 Å². The van der Waals surface area contributed by atoms with E-state index in [1.54, 1.807) is 14.0 Å². The van der Waals surface area contributed by atoms with Gasteiger partial charge in [-0.1, -0.05) is 0 Å². The number of carbonyl (C=O) groups is 1. The van der Waals surface area contributed by atoms with Crippen molar-refractivity contribution in [3.05, 3.63) is 17.5 Å². The van der Waals surface area contributed by atoms with Crippen molar-refractivity contribution in [1.29, 1.82) is 0 Å². The molecule has 0 fully saturated rings. The molecule has 0 bridgehead atoms. The molecule has 0 N–H and O–H groups in total. The summed E-state index contributed by atoms with van der Waals surface area (Å²) in [6.07, 6.45) is 0.0504. The molecule has 1 atom stereocenters. The van der Waals surface area contributed by atoms with Gasteiger partial charge in [-0.05, 0) is 26.8 Å². The van der Waals surface area contributed by atoms with Crippen molar-refractivity contribution < 1.29 is 9.53 Å². The van der Waals surface area contributed by atoms with Crippen LogP contribution in [0.4, 0.5) is 0 Å². The highest BCUT2D eigenvalue weighted by molar-refractivity contribution is 5.84. The van der Waals surface area contributed by atoms with Crippen LogP contribution in [-0.2, 0) is 22.5 Å². The van der Waals surface area contributed by atoms with E-state index in [0.717, 1.165) is 17.9 Å².